The molecule has 24 heavy (non-hydrogen) atoms. The van der Waals surface area contributed by atoms with Crippen LogP contribution in [0.3, 0.4) is 0 Å². The molecule has 0 fully saturated rings. The molecule has 0 unspecified atom stereocenters. The molecule has 0 aliphatic carbocycles. The van der Waals surface area contributed by atoms with Crippen molar-refractivity contribution in [2.45, 2.75) is 25.8 Å². The predicted octanol–water partition coefficient (Wildman–Crippen LogP) is 3.03. The Morgan fingerprint density at radius 1 is 1.21 bits per heavy atom. The van der Waals surface area contributed by atoms with Crippen LogP contribution in [0.1, 0.15) is 29.3 Å². The van der Waals surface area contributed by atoms with Gasteiger partial charge in [-0.25, -0.2) is 9.78 Å². The molecule has 1 heterocycles. The summed E-state index contributed by atoms with van der Waals surface area (Å²) < 4.78 is 4.96. The molecule has 2 rings (SSSR count). The van der Waals surface area contributed by atoms with Gasteiger partial charge in [-0.2, -0.15) is 0 Å². The number of ether oxygens (including phenoxy) is 1. The molecule has 1 aromatic heterocycles. The normalized spacial score (nSPS) is 11.6. The van der Waals surface area contributed by atoms with Gasteiger partial charge in [0.25, 0.3) is 5.91 Å². The van der Waals surface area contributed by atoms with Gasteiger partial charge >= 0.3 is 5.97 Å². The first-order valence-corrected chi connectivity index (χ1v) is 8.05. The van der Waals surface area contributed by atoms with Crippen molar-refractivity contribution in [3.8, 4) is 0 Å². The number of carbonyl (C=O) groups excluding carboxylic acids is 2. The summed E-state index contributed by atoms with van der Waals surface area (Å²) in [4.78, 5) is 27.5. The fraction of sp³-hybridized carbons (Fsp3) is 0.278. The molecular weight excluding hydrogens is 328 g/mol. The second-order valence-electron chi connectivity index (χ2n) is 5.41. The summed E-state index contributed by atoms with van der Waals surface area (Å²) in [6.45, 7) is 1.57. The number of carbonyl (C=O) groups is 2. The van der Waals surface area contributed by atoms with Gasteiger partial charge in [0.05, 0.1) is 5.56 Å². The highest BCUT2D eigenvalue weighted by molar-refractivity contribution is 6.32. The monoisotopic (exact) mass is 346 g/mol. The van der Waals surface area contributed by atoms with Gasteiger partial charge in [-0.3, -0.25) is 4.79 Å². The number of rotatable bonds is 7. The minimum atomic E-state index is -0.666. The summed E-state index contributed by atoms with van der Waals surface area (Å²) >= 11 is 5.81. The van der Waals surface area contributed by atoms with Gasteiger partial charge in [0, 0.05) is 12.2 Å². The van der Waals surface area contributed by atoms with Crippen LogP contribution in [0.25, 0.3) is 0 Å². The van der Waals surface area contributed by atoms with Crippen molar-refractivity contribution in [2.75, 3.05) is 6.61 Å². The van der Waals surface area contributed by atoms with E-state index in [0.29, 0.717) is 0 Å². The van der Waals surface area contributed by atoms with Crippen LogP contribution >= 0.6 is 11.6 Å². The number of pyridine rings is 1. The lowest BCUT2D eigenvalue weighted by atomic mass is 10.1. The lowest BCUT2D eigenvalue weighted by Gasteiger charge is -2.14. The number of aryl methyl sites for hydroxylation is 1. The van der Waals surface area contributed by atoms with E-state index < -0.39 is 5.97 Å². The maximum absolute atomic E-state index is 11.8. The van der Waals surface area contributed by atoms with E-state index in [1.807, 2.05) is 37.3 Å². The molecule has 1 amide bonds. The summed E-state index contributed by atoms with van der Waals surface area (Å²) in [6, 6.07) is 13.1. The third kappa shape index (κ3) is 5.66. The zero-order valence-electron chi connectivity index (χ0n) is 13.4. The van der Waals surface area contributed by atoms with Gasteiger partial charge in [-0.1, -0.05) is 41.9 Å². The van der Waals surface area contributed by atoms with Crippen LogP contribution in [-0.4, -0.2) is 29.5 Å². The van der Waals surface area contributed by atoms with Gasteiger partial charge in [-0.15, -0.1) is 0 Å². The van der Waals surface area contributed by atoms with Crippen molar-refractivity contribution >= 4 is 23.5 Å². The zero-order chi connectivity index (χ0) is 17.4. The van der Waals surface area contributed by atoms with Gasteiger partial charge in [-0.05, 0) is 37.5 Å². The maximum Gasteiger partial charge on any atom is 0.341 e. The summed E-state index contributed by atoms with van der Waals surface area (Å²) in [7, 11) is 0. The lowest BCUT2D eigenvalue weighted by molar-refractivity contribution is -0.124. The molecule has 0 radical (unpaired) electrons. The number of aromatic nitrogens is 1. The Balaban J connectivity index is 1.72. The Morgan fingerprint density at radius 3 is 2.67 bits per heavy atom. The highest BCUT2D eigenvalue weighted by Gasteiger charge is 2.15. The Kier molecular flexibility index (Phi) is 6.75. The summed E-state index contributed by atoms with van der Waals surface area (Å²) in [5.74, 6) is -1.01. The third-order valence-electron chi connectivity index (χ3n) is 3.43. The van der Waals surface area contributed by atoms with Gasteiger partial charge < -0.3 is 10.1 Å². The van der Waals surface area contributed by atoms with Crippen LogP contribution in [0.15, 0.2) is 48.7 Å². The predicted molar refractivity (Wildman–Crippen MR) is 91.9 cm³/mol. The first-order valence-electron chi connectivity index (χ1n) is 7.67. The molecular formula is C18H19ClN2O3. The highest BCUT2D eigenvalue weighted by Crippen LogP contribution is 2.12. The topological polar surface area (TPSA) is 68.3 Å². The Morgan fingerprint density at radius 2 is 1.96 bits per heavy atom. The molecule has 0 saturated heterocycles. The second-order valence-corrected chi connectivity index (χ2v) is 5.77. The largest absolute Gasteiger partial charge is 0.452 e. The number of nitrogens with zero attached hydrogens (tertiary/aromatic N) is 1. The van der Waals surface area contributed by atoms with Crippen molar-refractivity contribution in [3.63, 3.8) is 0 Å². The van der Waals surface area contributed by atoms with E-state index in [9.17, 15) is 9.59 Å². The number of hydrogen-bond acceptors (Lipinski definition) is 4. The molecule has 2 aromatic rings. The number of esters is 1. The molecule has 1 aromatic carbocycles. The minimum absolute atomic E-state index is 0.0154. The number of benzene rings is 1. The number of hydrogen-bond donors (Lipinski definition) is 1. The van der Waals surface area contributed by atoms with Gasteiger partial charge in [0.15, 0.2) is 6.61 Å². The molecule has 6 heteroatoms. The number of halogens is 1. The zero-order valence-corrected chi connectivity index (χ0v) is 14.1. The fourth-order valence-corrected chi connectivity index (χ4v) is 2.36. The Hall–Kier alpha value is -2.40. The summed E-state index contributed by atoms with van der Waals surface area (Å²) in [5.41, 5.74) is 1.36. The van der Waals surface area contributed by atoms with E-state index in [0.717, 1.165) is 12.8 Å². The van der Waals surface area contributed by atoms with Crippen LogP contribution < -0.4 is 5.32 Å². The van der Waals surface area contributed by atoms with Crippen molar-refractivity contribution in [3.05, 3.63) is 64.9 Å². The van der Waals surface area contributed by atoms with Crippen LogP contribution in [-0.2, 0) is 16.0 Å². The Labute approximate surface area is 146 Å². The summed E-state index contributed by atoms with van der Waals surface area (Å²) in [5, 5.41) is 2.86. The standard InChI is InChI=1S/C18H19ClN2O3/c1-13(9-10-14-6-3-2-4-7-14)21-16(22)12-24-18(23)15-8-5-11-20-17(15)19/h2-8,11,13H,9-10,12H2,1H3,(H,21,22)/t13-/m0/s1. The van der Waals surface area contributed by atoms with E-state index in [1.54, 1.807) is 6.07 Å². The summed E-state index contributed by atoms with van der Waals surface area (Å²) in [6.07, 6.45) is 3.14. The van der Waals surface area contributed by atoms with E-state index in [-0.39, 0.29) is 29.3 Å². The van der Waals surface area contributed by atoms with E-state index in [2.05, 4.69) is 10.3 Å². The van der Waals surface area contributed by atoms with Crippen LogP contribution in [0, 0.1) is 0 Å². The highest BCUT2D eigenvalue weighted by atomic mass is 35.5. The molecule has 0 bridgehead atoms. The number of nitrogens with one attached hydrogen (secondary N) is 1. The van der Waals surface area contributed by atoms with Crippen molar-refractivity contribution < 1.29 is 14.3 Å². The molecule has 0 aliphatic heterocycles. The molecule has 0 saturated carbocycles. The van der Waals surface area contributed by atoms with E-state index in [1.165, 1.54) is 17.8 Å². The van der Waals surface area contributed by atoms with Crippen LogP contribution in [0.4, 0.5) is 0 Å². The number of amides is 1. The first kappa shape index (κ1) is 17.9. The van der Waals surface area contributed by atoms with Crippen molar-refractivity contribution in [1.82, 2.24) is 10.3 Å². The average molecular weight is 347 g/mol. The van der Waals surface area contributed by atoms with Gasteiger partial charge in [0.2, 0.25) is 0 Å². The average Bonchev–Trinajstić information content (AvgIpc) is 2.59. The quantitative estimate of drug-likeness (QED) is 0.618. The van der Waals surface area contributed by atoms with Crippen LogP contribution in [0.2, 0.25) is 5.15 Å². The SMILES string of the molecule is C[C@@H](CCc1ccccc1)NC(=O)COC(=O)c1cccnc1Cl. The molecule has 0 spiro atoms. The smallest absolute Gasteiger partial charge is 0.341 e. The maximum atomic E-state index is 11.8. The van der Waals surface area contributed by atoms with E-state index in [4.69, 9.17) is 16.3 Å². The molecule has 1 N–H and O–H groups in total. The van der Waals surface area contributed by atoms with Gasteiger partial charge in [0.1, 0.15) is 5.15 Å². The Bertz CT molecular complexity index is 692. The lowest BCUT2D eigenvalue weighted by Crippen LogP contribution is -2.36. The van der Waals surface area contributed by atoms with E-state index >= 15 is 0 Å². The minimum Gasteiger partial charge on any atom is -0.452 e. The van der Waals surface area contributed by atoms with Crippen LogP contribution in [0.5, 0.6) is 0 Å². The first-order chi connectivity index (χ1) is 11.6. The van der Waals surface area contributed by atoms with Crippen molar-refractivity contribution in [2.24, 2.45) is 0 Å². The second kappa shape index (κ2) is 9.03. The molecule has 126 valence electrons. The molecule has 0 aliphatic rings. The third-order valence-corrected chi connectivity index (χ3v) is 3.73. The van der Waals surface area contributed by atoms with Crippen molar-refractivity contribution in [1.29, 1.82) is 0 Å². The molecule has 1 atom stereocenters. The fourth-order valence-electron chi connectivity index (χ4n) is 2.16. The molecule has 5 nitrogen and oxygen atoms in total.